The van der Waals surface area contributed by atoms with E-state index in [1.165, 1.54) is 0 Å². The third kappa shape index (κ3) is 3.82. The van der Waals surface area contributed by atoms with Gasteiger partial charge in [0.15, 0.2) is 0 Å². The van der Waals surface area contributed by atoms with Gasteiger partial charge in [0, 0.05) is 44.5 Å². The van der Waals surface area contributed by atoms with Gasteiger partial charge in [0.2, 0.25) is 5.88 Å². The zero-order valence-electron chi connectivity index (χ0n) is 13.4. The van der Waals surface area contributed by atoms with Gasteiger partial charge >= 0.3 is 0 Å². The smallest absolute Gasteiger partial charge is 0.213 e. The molecule has 3 rings (SSSR count). The van der Waals surface area contributed by atoms with E-state index in [2.05, 4.69) is 48.7 Å². The minimum atomic E-state index is 0.436. The molecule has 0 saturated carbocycles. The van der Waals surface area contributed by atoms with Gasteiger partial charge in [-0.15, -0.1) is 0 Å². The molecule has 0 bridgehead atoms. The first-order valence-corrected chi connectivity index (χ1v) is 8.56. The van der Waals surface area contributed by atoms with E-state index in [1.807, 2.05) is 30.5 Å². The van der Waals surface area contributed by atoms with Crippen molar-refractivity contribution in [2.75, 3.05) is 31.6 Å². The predicted molar refractivity (Wildman–Crippen MR) is 94.8 cm³/mol. The van der Waals surface area contributed by atoms with E-state index in [0.29, 0.717) is 11.9 Å². The van der Waals surface area contributed by atoms with Crippen molar-refractivity contribution in [3.8, 4) is 5.88 Å². The molecule has 0 aliphatic carbocycles. The number of nitrogens with zero attached hydrogens (tertiary/aromatic N) is 4. The lowest BCUT2D eigenvalue weighted by Crippen LogP contribution is -2.51. The SMILES string of the molecule is COc1cccc(CN2CCN(c3ncccc3Br)CC2C)n1. The van der Waals surface area contributed by atoms with E-state index in [0.717, 1.165) is 42.2 Å². The van der Waals surface area contributed by atoms with Crippen molar-refractivity contribution in [2.24, 2.45) is 0 Å². The summed E-state index contributed by atoms with van der Waals surface area (Å²) in [6, 6.07) is 10.3. The van der Waals surface area contributed by atoms with Crippen molar-refractivity contribution in [1.29, 1.82) is 0 Å². The van der Waals surface area contributed by atoms with Crippen LogP contribution >= 0.6 is 15.9 Å². The molecule has 0 amide bonds. The van der Waals surface area contributed by atoms with E-state index in [1.54, 1.807) is 7.11 Å². The average Bonchev–Trinajstić information content (AvgIpc) is 2.57. The number of halogens is 1. The molecule has 1 atom stereocenters. The number of hydrogen-bond donors (Lipinski definition) is 0. The molecule has 2 aromatic heterocycles. The maximum Gasteiger partial charge on any atom is 0.213 e. The molecule has 0 spiro atoms. The van der Waals surface area contributed by atoms with E-state index >= 15 is 0 Å². The van der Waals surface area contributed by atoms with Crippen molar-refractivity contribution in [3.05, 3.63) is 46.7 Å². The van der Waals surface area contributed by atoms with Crippen LogP contribution in [0.25, 0.3) is 0 Å². The van der Waals surface area contributed by atoms with Gasteiger partial charge in [-0.1, -0.05) is 6.07 Å². The van der Waals surface area contributed by atoms with Crippen molar-refractivity contribution >= 4 is 21.7 Å². The van der Waals surface area contributed by atoms with Gasteiger partial charge in [-0.05, 0) is 41.1 Å². The van der Waals surface area contributed by atoms with Crippen LogP contribution < -0.4 is 9.64 Å². The van der Waals surface area contributed by atoms with Crippen LogP contribution in [-0.2, 0) is 6.54 Å². The summed E-state index contributed by atoms with van der Waals surface area (Å²) >= 11 is 3.59. The first-order valence-electron chi connectivity index (χ1n) is 7.77. The first-order chi connectivity index (χ1) is 11.2. The predicted octanol–water partition coefficient (Wildman–Crippen LogP) is 2.96. The highest BCUT2D eigenvalue weighted by Gasteiger charge is 2.25. The van der Waals surface area contributed by atoms with Crippen LogP contribution in [0.5, 0.6) is 5.88 Å². The summed E-state index contributed by atoms with van der Waals surface area (Å²) in [4.78, 5) is 13.8. The van der Waals surface area contributed by atoms with Crippen LogP contribution in [0.3, 0.4) is 0 Å². The summed E-state index contributed by atoms with van der Waals surface area (Å²) in [5.41, 5.74) is 1.05. The average molecular weight is 377 g/mol. The highest BCUT2D eigenvalue weighted by molar-refractivity contribution is 9.10. The molecule has 122 valence electrons. The molecular formula is C17H21BrN4O. The fraction of sp³-hybridized carbons (Fsp3) is 0.412. The minimum absolute atomic E-state index is 0.436. The Labute approximate surface area is 145 Å². The largest absolute Gasteiger partial charge is 0.481 e. The van der Waals surface area contributed by atoms with Crippen molar-refractivity contribution in [3.63, 3.8) is 0 Å². The lowest BCUT2D eigenvalue weighted by atomic mass is 10.1. The van der Waals surface area contributed by atoms with Gasteiger partial charge in [0.25, 0.3) is 0 Å². The zero-order chi connectivity index (χ0) is 16.2. The fourth-order valence-electron chi connectivity index (χ4n) is 2.90. The molecule has 0 N–H and O–H groups in total. The lowest BCUT2D eigenvalue weighted by molar-refractivity contribution is 0.178. The Hall–Kier alpha value is -1.66. The maximum atomic E-state index is 5.21. The molecule has 0 aromatic carbocycles. The summed E-state index contributed by atoms with van der Waals surface area (Å²) in [5.74, 6) is 1.70. The van der Waals surface area contributed by atoms with Gasteiger partial charge in [-0.25, -0.2) is 9.97 Å². The van der Waals surface area contributed by atoms with Gasteiger partial charge in [-0.2, -0.15) is 0 Å². The van der Waals surface area contributed by atoms with E-state index < -0.39 is 0 Å². The summed E-state index contributed by atoms with van der Waals surface area (Å²) in [7, 11) is 1.65. The second-order valence-electron chi connectivity index (χ2n) is 5.75. The summed E-state index contributed by atoms with van der Waals surface area (Å²) < 4.78 is 6.26. The number of piperazine rings is 1. The van der Waals surface area contributed by atoms with Crippen LogP contribution in [0.4, 0.5) is 5.82 Å². The Kier molecular flexibility index (Phi) is 5.13. The zero-order valence-corrected chi connectivity index (χ0v) is 15.0. The second kappa shape index (κ2) is 7.27. The molecule has 6 heteroatoms. The second-order valence-corrected chi connectivity index (χ2v) is 6.60. The molecule has 2 aromatic rings. The van der Waals surface area contributed by atoms with Crippen molar-refractivity contribution in [1.82, 2.24) is 14.9 Å². The normalized spacial score (nSPS) is 18.9. The van der Waals surface area contributed by atoms with Crippen LogP contribution in [-0.4, -0.2) is 47.7 Å². The number of aromatic nitrogens is 2. The number of methoxy groups -OCH3 is 1. The van der Waals surface area contributed by atoms with Crippen LogP contribution in [0.2, 0.25) is 0 Å². The molecule has 1 fully saturated rings. The first kappa shape index (κ1) is 16.2. The number of hydrogen-bond acceptors (Lipinski definition) is 5. The van der Waals surface area contributed by atoms with Crippen molar-refractivity contribution in [2.45, 2.75) is 19.5 Å². The van der Waals surface area contributed by atoms with Gasteiger partial charge < -0.3 is 9.64 Å². The summed E-state index contributed by atoms with van der Waals surface area (Å²) in [5, 5.41) is 0. The van der Waals surface area contributed by atoms with Crippen LogP contribution in [0.1, 0.15) is 12.6 Å². The third-order valence-corrected chi connectivity index (χ3v) is 4.78. The summed E-state index contributed by atoms with van der Waals surface area (Å²) in [6.07, 6.45) is 1.84. The lowest BCUT2D eigenvalue weighted by Gasteiger charge is -2.40. The molecule has 1 aliphatic heterocycles. The topological polar surface area (TPSA) is 41.5 Å². The Bertz CT molecular complexity index is 667. The number of rotatable bonds is 4. The fourth-order valence-corrected chi connectivity index (χ4v) is 3.41. The Morgan fingerprint density at radius 3 is 2.87 bits per heavy atom. The molecule has 1 aliphatic rings. The van der Waals surface area contributed by atoms with E-state index in [-0.39, 0.29) is 0 Å². The Morgan fingerprint density at radius 2 is 2.13 bits per heavy atom. The Balaban J connectivity index is 1.66. The van der Waals surface area contributed by atoms with Crippen molar-refractivity contribution < 1.29 is 4.74 Å². The molecule has 3 heterocycles. The highest BCUT2D eigenvalue weighted by Crippen LogP contribution is 2.25. The minimum Gasteiger partial charge on any atom is -0.481 e. The Morgan fingerprint density at radius 1 is 1.26 bits per heavy atom. The van der Waals surface area contributed by atoms with E-state index in [4.69, 9.17) is 4.74 Å². The third-order valence-electron chi connectivity index (χ3n) is 4.16. The van der Waals surface area contributed by atoms with Crippen LogP contribution in [0.15, 0.2) is 41.0 Å². The molecular weight excluding hydrogens is 356 g/mol. The van der Waals surface area contributed by atoms with Gasteiger partial charge in [0.1, 0.15) is 5.82 Å². The number of ether oxygens (including phenoxy) is 1. The quantitative estimate of drug-likeness (QED) is 0.820. The molecule has 0 radical (unpaired) electrons. The molecule has 1 unspecified atom stereocenters. The number of anilines is 1. The molecule has 5 nitrogen and oxygen atoms in total. The highest BCUT2D eigenvalue weighted by atomic mass is 79.9. The van der Waals surface area contributed by atoms with Gasteiger partial charge in [0.05, 0.1) is 17.3 Å². The summed E-state index contributed by atoms with van der Waals surface area (Å²) in [6.45, 7) is 6.01. The van der Waals surface area contributed by atoms with Gasteiger partial charge in [-0.3, -0.25) is 4.90 Å². The number of pyridine rings is 2. The standard InChI is InChI=1S/C17H21BrN4O/c1-13-11-22(17-15(18)6-4-8-19-17)10-9-21(13)12-14-5-3-7-16(20-14)23-2/h3-8,13H,9-12H2,1-2H3. The molecule has 1 saturated heterocycles. The van der Waals surface area contributed by atoms with E-state index in [9.17, 15) is 0 Å². The molecule has 23 heavy (non-hydrogen) atoms. The van der Waals surface area contributed by atoms with Crippen LogP contribution in [0, 0.1) is 0 Å². The monoisotopic (exact) mass is 376 g/mol. The maximum absolute atomic E-state index is 5.21.